The van der Waals surface area contributed by atoms with Gasteiger partial charge in [-0.1, -0.05) is 36.4 Å². The molecule has 1 aromatic carbocycles. The van der Waals surface area contributed by atoms with Crippen molar-refractivity contribution in [2.24, 2.45) is 0 Å². The Bertz CT molecular complexity index is 1300. The summed E-state index contributed by atoms with van der Waals surface area (Å²) in [6.45, 7) is 3.79. The molecule has 0 spiro atoms. The van der Waals surface area contributed by atoms with E-state index in [1.807, 2.05) is 48.5 Å². The lowest BCUT2D eigenvalue weighted by Gasteiger charge is -2.28. The van der Waals surface area contributed by atoms with Gasteiger partial charge < -0.3 is 9.47 Å². The quantitative estimate of drug-likeness (QED) is 0.473. The number of hydrogen-bond donors (Lipinski definition) is 0. The molecule has 8 nitrogen and oxygen atoms in total. The molecule has 0 saturated heterocycles. The molecule has 0 fully saturated rings. The highest BCUT2D eigenvalue weighted by atomic mass is 16.5. The molecule has 1 aliphatic heterocycles. The molecule has 0 aliphatic carbocycles. The molecule has 4 aromatic rings. The van der Waals surface area contributed by atoms with Crippen molar-refractivity contribution in [3.05, 3.63) is 83.5 Å². The fourth-order valence-electron chi connectivity index (χ4n) is 3.79. The van der Waals surface area contributed by atoms with Crippen molar-refractivity contribution in [2.75, 3.05) is 6.61 Å². The second kappa shape index (κ2) is 7.64. The summed E-state index contributed by atoms with van der Waals surface area (Å²) in [7, 11) is 0. The highest BCUT2D eigenvalue weighted by Crippen LogP contribution is 2.44. The first-order valence-electron chi connectivity index (χ1n) is 9.94. The summed E-state index contributed by atoms with van der Waals surface area (Å²) < 4.78 is 12.9. The summed E-state index contributed by atoms with van der Waals surface area (Å²) >= 11 is 0. The standard InChI is InChI=1S/C23H19N5O3/c1-3-30-23(29)17-14(2)31-22-19(18(17)15-9-5-4-6-10-15)21-26-20(27-28(21)13-25-22)16-11-7-8-12-24-16/h4-13,18H,3H2,1-2H3. The van der Waals surface area contributed by atoms with Crippen LogP contribution in [0.15, 0.2) is 72.4 Å². The monoisotopic (exact) mass is 413 g/mol. The van der Waals surface area contributed by atoms with Crippen LogP contribution in [0.3, 0.4) is 0 Å². The van der Waals surface area contributed by atoms with Gasteiger partial charge in [-0.05, 0) is 31.5 Å². The molecule has 0 saturated carbocycles. The molecule has 1 aliphatic rings. The second-order valence-corrected chi connectivity index (χ2v) is 7.02. The lowest BCUT2D eigenvalue weighted by molar-refractivity contribution is -0.139. The largest absolute Gasteiger partial charge is 0.463 e. The maximum Gasteiger partial charge on any atom is 0.338 e. The number of pyridine rings is 1. The Kier molecular flexibility index (Phi) is 4.66. The summed E-state index contributed by atoms with van der Waals surface area (Å²) in [6, 6.07) is 15.3. The molecule has 8 heteroatoms. The summed E-state index contributed by atoms with van der Waals surface area (Å²) in [4.78, 5) is 26.5. The van der Waals surface area contributed by atoms with Gasteiger partial charge in [0.15, 0.2) is 5.65 Å². The van der Waals surface area contributed by atoms with E-state index >= 15 is 0 Å². The van der Waals surface area contributed by atoms with Gasteiger partial charge >= 0.3 is 5.97 Å². The minimum Gasteiger partial charge on any atom is -0.463 e. The van der Waals surface area contributed by atoms with E-state index in [1.54, 1.807) is 30.9 Å². The van der Waals surface area contributed by atoms with Crippen molar-refractivity contribution >= 4 is 11.6 Å². The van der Waals surface area contributed by atoms with Crippen LogP contribution in [-0.4, -0.2) is 37.1 Å². The van der Waals surface area contributed by atoms with Crippen LogP contribution in [0.4, 0.5) is 0 Å². The van der Waals surface area contributed by atoms with E-state index in [1.165, 1.54) is 0 Å². The number of hydrogen-bond acceptors (Lipinski definition) is 7. The third-order valence-electron chi connectivity index (χ3n) is 5.12. The molecular weight excluding hydrogens is 394 g/mol. The van der Waals surface area contributed by atoms with Crippen LogP contribution in [0.25, 0.3) is 17.2 Å². The molecular formula is C23H19N5O3. The van der Waals surface area contributed by atoms with Crippen LogP contribution in [0.1, 0.15) is 30.9 Å². The lowest BCUT2D eigenvalue weighted by Crippen LogP contribution is -2.24. The summed E-state index contributed by atoms with van der Waals surface area (Å²) in [5.74, 6) is 0.437. The van der Waals surface area contributed by atoms with Crippen molar-refractivity contribution in [3.8, 4) is 17.4 Å². The van der Waals surface area contributed by atoms with Crippen LogP contribution in [0.2, 0.25) is 0 Å². The maximum atomic E-state index is 12.9. The molecule has 4 heterocycles. The molecule has 0 radical (unpaired) electrons. The Morgan fingerprint density at radius 3 is 2.68 bits per heavy atom. The van der Waals surface area contributed by atoms with Gasteiger partial charge in [0, 0.05) is 6.20 Å². The number of fused-ring (bicyclic) bond motifs is 3. The minimum absolute atomic E-state index is 0.265. The molecule has 5 rings (SSSR count). The van der Waals surface area contributed by atoms with Crippen LogP contribution in [0.5, 0.6) is 5.88 Å². The molecule has 1 atom stereocenters. The number of benzene rings is 1. The van der Waals surface area contributed by atoms with Crippen LogP contribution >= 0.6 is 0 Å². The van der Waals surface area contributed by atoms with E-state index in [-0.39, 0.29) is 6.61 Å². The Hall–Kier alpha value is -4.07. The van der Waals surface area contributed by atoms with Crippen LogP contribution in [0, 0.1) is 0 Å². The summed E-state index contributed by atoms with van der Waals surface area (Å²) in [5.41, 5.74) is 3.20. The van der Waals surface area contributed by atoms with Crippen LogP contribution < -0.4 is 4.74 Å². The number of rotatable bonds is 4. The normalized spacial score (nSPS) is 15.5. The topological polar surface area (TPSA) is 91.5 Å². The van der Waals surface area contributed by atoms with Crippen molar-refractivity contribution in [2.45, 2.75) is 19.8 Å². The average molecular weight is 413 g/mol. The first-order valence-corrected chi connectivity index (χ1v) is 9.94. The Morgan fingerprint density at radius 2 is 1.94 bits per heavy atom. The zero-order chi connectivity index (χ0) is 21.4. The van der Waals surface area contributed by atoms with Gasteiger partial charge in [0.1, 0.15) is 17.8 Å². The predicted octanol–water partition coefficient (Wildman–Crippen LogP) is 3.55. The van der Waals surface area contributed by atoms with Gasteiger partial charge in [-0.25, -0.2) is 19.3 Å². The zero-order valence-corrected chi connectivity index (χ0v) is 17.0. The second-order valence-electron chi connectivity index (χ2n) is 7.02. The maximum absolute atomic E-state index is 12.9. The van der Waals surface area contributed by atoms with E-state index in [4.69, 9.17) is 14.5 Å². The number of allylic oxidation sites excluding steroid dienone is 1. The zero-order valence-electron chi connectivity index (χ0n) is 17.0. The fraction of sp³-hybridized carbons (Fsp3) is 0.174. The third-order valence-corrected chi connectivity index (χ3v) is 5.12. The van der Waals surface area contributed by atoms with Gasteiger partial charge in [-0.2, -0.15) is 0 Å². The Morgan fingerprint density at radius 1 is 1.13 bits per heavy atom. The van der Waals surface area contributed by atoms with E-state index < -0.39 is 11.9 Å². The molecule has 154 valence electrons. The van der Waals surface area contributed by atoms with Gasteiger partial charge in [0.05, 0.1) is 23.7 Å². The van der Waals surface area contributed by atoms with Crippen molar-refractivity contribution in [3.63, 3.8) is 0 Å². The van der Waals surface area contributed by atoms with Gasteiger partial charge in [0.2, 0.25) is 11.7 Å². The first-order chi connectivity index (χ1) is 15.2. The first kappa shape index (κ1) is 18.9. The summed E-state index contributed by atoms with van der Waals surface area (Å²) in [5, 5.41) is 4.54. The van der Waals surface area contributed by atoms with E-state index in [0.717, 1.165) is 5.56 Å². The average Bonchev–Trinajstić information content (AvgIpc) is 3.24. The number of ether oxygens (including phenoxy) is 2. The number of aromatic nitrogens is 5. The Labute approximate surface area is 178 Å². The number of carbonyl (C=O) groups excluding carboxylic acids is 1. The van der Waals surface area contributed by atoms with E-state index in [9.17, 15) is 4.79 Å². The summed E-state index contributed by atoms with van der Waals surface area (Å²) in [6.07, 6.45) is 3.24. The molecule has 31 heavy (non-hydrogen) atoms. The molecule has 1 unspecified atom stereocenters. The van der Waals surface area contributed by atoms with Crippen LogP contribution in [-0.2, 0) is 9.53 Å². The highest BCUT2D eigenvalue weighted by molar-refractivity contribution is 5.93. The smallest absolute Gasteiger partial charge is 0.338 e. The van der Waals surface area contributed by atoms with Crippen molar-refractivity contribution < 1.29 is 14.3 Å². The van der Waals surface area contributed by atoms with Gasteiger partial charge in [-0.15, -0.1) is 5.10 Å². The number of esters is 1. The minimum atomic E-state index is -0.457. The molecule has 3 aromatic heterocycles. The fourth-order valence-corrected chi connectivity index (χ4v) is 3.79. The van der Waals surface area contributed by atoms with E-state index in [2.05, 4.69) is 15.1 Å². The number of nitrogens with zero attached hydrogens (tertiary/aromatic N) is 5. The third kappa shape index (κ3) is 3.22. The predicted molar refractivity (Wildman–Crippen MR) is 112 cm³/mol. The highest BCUT2D eigenvalue weighted by Gasteiger charge is 2.38. The van der Waals surface area contributed by atoms with Crippen molar-refractivity contribution in [1.29, 1.82) is 0 Å². The molecule has 0 bridgehead atoms. The molecule has 0 N–H and O–H groups in total. The van der Waals surface area contributed by atoms with E-state index in [0.29, 0.717) is 39.9 Å². The van der Waals surface area contributed by atoms with Crippen molar-refractivity contribution in [1.82, 2.24) is 24.6 Å². The molecule has 0 amide bonds. The van der Waals surface area contributed by atoms with Gasteiger partial charge in [0.25, 0.3) is 0 Å². The lowest BCUT2D eigenvalue weighted by atomic mass is 9.83. The van der Waals surface area contributed by atoms with Gasteiger partial charge in [-0.3, -0.25) is 4.98 Å². The Balaban J connectivity index is 1.76. The SMILES string of the molecule is CCOC(=O)C1=C(C)Oc2ncn3nc(-c4ccccn4)nc3c2C1c1ccccc1. The number of carbonyl (C=O) groups is 1.